The van der Waals surface area contributed by atoms with Crippen LogP contribution in [-0.4, -0.2) is 22.6 Å². The zero-order chi connectivity index (χ0) is 17.1. The van der Waals surface area contributed by atoms with E-state index >= 15 is 0 Å². The summed E-state index contributed by atoms with van der Waals surface area (Å²) < 4.78 is 7.13. The molecule has 124 valence electrons. The standard InChI is InChI=1S/C19H21N3O2/c1-13(2)18(22-8-4-5-9-22)19(23)21-15-10-14-6-7-16(24-3)11-17(14)20-12-15/h4-13,18H,1-3H3,(H,21,23)/t18-/m0/s1. The van der Waals surface area contributed by atoms with Gasteiger partial charge in [-0.25, -0.2) is 0 Å². The van der Waals surface area contributed by atoms with Gasteiger partial charge in [-0.3, -0.25) is 9.78 Å². The first-order chi connectivity index (χ1) is 11.6. The van der Waals surface area contributed by atoms with Crippen LogP contribution in [0.25, 0.3) is 10.9 Å². The second-order valence-electron chi connectivity index (χ2n) is 6.09. The van der Waals surface area contributed by atoms with E-state index in [0.29, 0.717) is 5.69 Å². The van der Waals surface area contributed by atoms with Gasteiger partial charge >= 0.3 is 0 Å². The van der Waals surface area contributed by atoms with E-state index in [1.165, 1.54) is 0 Å². The number of methoxy groups -OCH3 is 1. The van der Waals surface area contributed by atoms with Gasteiger partial charge in [0.05, 0.1) is 24.5 Å². The number of carbonyl (C=O) groups excluding carboxylic acids is 1. The number of carbonyl (C=O) groups is 1. The Morgan fingerprint density at radius 2 is 1.96 bits per heavy atom. The van der Waals surface area contributed by atoms with E-state index in [4.69, 9.17) is 4.74 Å². The molecule has 0 fully saturated rings. The van der Waals surface area contributed by atoms with Crippen molar-refractivity contribution in [2.24, 2.45) is 5.92 Å². The summed E-state index contributed by atoms with van der Waals surface area (Å²) in [5.41, 5.74) is 1.52. The lowest BCUT2D eigenvalue weighted by molar-refractivity contribution is -0.120. The van der Waals surface area contributed by atoms with Gasteiger partial charge in [0.1, 0.15) is 11.8 Å². The molecule has 0 aliphatic carbocycles. The third kappa shape index (κ3) is 3.25. The lowest BCUT2D eigenvalue weighted by atomic mass is 10.0. The highest BCUT2D eigenvalue weighted by molar-refractivity contribution is 5.95. The SMILES string of the molecule is COc1ccc2cc(NC(=O)[C@H](C(C)C)n3cccc3)cnc2c1. The van der Waals surface area contributed by atoms with E-state index in [1.807, 2.05) is 67.2 Å². The van der Waals surface area contributed by atoms with Crippen molar-refractivity contribution >= 4 is 22.5 Å². The summed E-state index contributed by atoms with van der Waals surface area (Å²) in [5, 5.41) is 3.93. The summed E-state index contributed by atoms with van der Waals surface area (Å²) in [4.78, 5) is 17.1. The molecule has 1 aromatic carbocycles. The number of hydrogen-bond donors (Lipinski definition) is 1. The molecule has 0 saturated carbocycles. The van der Waals surface area contributed by atoms with E-state index in [-0.39, 0.29) is 17.9 Å². The van der Waals surface area contributed by atoms with Crippen LogP contribution >= 0.6 is 0 Å². The van der Waals surface area contributed by atoms with E-state index < -0.39 is 0 Å². The minimum atomic E-state index is -0.258. The predicted molar refractivity (Wildman–Crippen MR) is 95.2 cm³/mol. The first-order valence-electron chi connectivity index (χ1n) is 7.95. The fourth-order valence-electron chi connectivity index (χ4n) is 2.83. The van der Waals surface area contributed by atoms with Gasteiger partial charge in [0.15, 0.2) is 0 Å². The van der Waals surface area contributed by atoms with Crippen LogP contribution < -0.4 is 10.1 Å². The van der Waals surface area contributed by atoms with Crippen LogP contribution in [0, 0.1) is 5.92 Å². The molecule has 0 aliphatic rings. The summed E-state index contributed by atoms with van der Waals surface area (Å²) in [7, 11) is 1.63. The van der Waals surface area contributed by atoms with Crippen LogP contribution in [0.4, 0.5) is 5.69 Å². The lowest BCUT2D eigenvalue weighted by Gasteiger charge is -2.22. The Morgan fingerprint density at radius 1 is 1.21 bits per heavy atom. The number of hydrogen-bond acceptors (Lipinski definition) is 3. The largest absolute Gasteiger partial charge is 0.497 e. The van der Waals surface area contributed by atoms with E-state index in [0.717, 1.165) is 16.7 Å². The third-order valence-corrected chi connectivity index (χ3v) is 4.01. The van der Waals surface area contributed by atoms with Crippen LogP contribution in [0.3, 0.4) is 0 Å². The Hall–Kier alpha value is -2.82. The molecule has 0 radical (unpaired) electrons. The monoisotopic (exact) mass is 323 g/mol. The van der Waals surface area contributed by atoms with Gasteiger partial charge in [-0.15, -0.1) is 0 Å². The molecular formula is C19H21N3O2. The maximum atomic E-state index is 12.7. The first-order valence-corrected chi connectivity index (χ1v) is 7.95. The zero-order valence-corrected chi connectivity index (χ0v) is 14.1. The number of ether oxygens (including phenoxy) is 1. The number of nitrogens with one attached hydrogen (secondary N) is 1. The minimum absolute atomic E-state index is 0.0455. The fourth-order valence-corrected chi connectivity index (χ4v) is 2.83. The Kier molecular flexibility index (Phi) is 4.51. The van der Waals surface area contributed by atoms with Gasteiger partial charge in [0.25, 0.3) is 0 Å². The molecule has 2 heterocycles. The molecule has 1 N–H and O–H groups in total. The summed E-state index contributed by atoms with van der Waals surface area (Å²) >= 11 is 0. The van der Waals surface area contributed by atoms with Crippen molar-refractivity contribution in [1.29, 1.82) is 0 Å². The van der Waals surface area contributed by atoms with Gasteiger partial charge in [-0.2, -0.15) is 0 Å². The van der Waals surface area contributed by atoms with Crippen molar-refractivity contribution in [2.45, 2.75) is 19.9 Å². The number of nitrogens with zero attached hydrogens (tertiary/aromatic N) is 2. The molecule has 1 atom stereocenters. The molecular weight excluding hydrogens is 302 g/mol. The minimum Gasteiger partial charge on any atom is -0.497 e. The van der Waals surface area contributed by atoms with Gasteiger partial charge in [-0.1, -0.05) is 13.8 Å². The molecule has 3 rings (SSSR count). The van der Waals surface area contributed by atoms with Crippen molar-refractivity contribution in [1.82, 2.24) is 9.55 Å². The molecule has 5 heteroatoms. The number of amides is 1. The number of pyridine rings is 1. The van der Waals surface area contributed by atoms with Crippen LogP contribution in [0.2, 0.25) is 0 Å². The molecule has 5 nitrogen and oxygen atoms in total. The Bertz CT molecular complexity index is 841. The second-order valence-corrected chi connectivity index (χ2v) is 6.09. The van der Waals surface area contributed by atoms with Crippen LogP contribution in [-0.2, 0) is 4.79 Å². The van der Waals surface area contributed by atoms with E-state index in [9.17, 15) is 4.79 Å². The van der Waals surface area contributed by atoms with Gasteiger partial charge in [0.2, 0.25) is 5.91 Å². The number of fused-ring (bicyclic) bond motifs is 1. The first kappa shape index (κ1) is 16.1. The lowest BCUT2D eigenvalue weighted by Crippen LogP contribution is -2.29. The van der Waals surface area contributed by atoms with Gasteiger partial charge in [0, 0.05) is 23.8 Å². The van der Waals surface area contributed by atoms with Crippen molar-refractivity contribution in [3.8, 4) is 5.75 Å². The molecule has 1 amide bonds. The van der Waals surface area contributed by atoms with Crippen LogP contribution in [0.1, 0.15) is 19.9 Å². The van der Waals surface area contributed by atoms with Crippen LogP contribution in [0.5, 0.6) is 5.75 Å². The molecule has 0 saturated heterocycles. The van der Waals surface area contributed by atoms with Crippen molar-refractivity contribution < 1.29 is 9.53 Å². The maximum absolute atomic E-state index is 12.7. The van der Waals surface area contributed by atoms with Crippen molar-refractivity contribution in [3.63, 3.8) is 0 Å². The molecule has 0 bridgehead atoms. The summed E-state index contributed by atoms with van der Waals surface area (Å²) in [5.74, 6) is 0.894. The Labute approximate surface area is 141 Å². The summed E-state index contributed by atoms with van der Waals surface area (Å²) in [6, 6.07) is 11.2. The normalized spacial score (nSPS) is 12.3. The van der Waals surface area contributed by atoms with Gasteiger partial charge in [-0.05, 0) is 36.2 Å². The summed E-state index contributed by atoms with van der Waals surface area (Å²) in [6.07, 6.45) is 5.50. The van der Waals surface area contributed by atoms with E-state index in [2.05, 4.69) is 10.3 Å². The average Bonchev–Trinajstić information content (AvgIpc) is 3.08. The Morgan fingerprint density at radius 3 is 2.62 bits per heavy atom. The van der Waals surface area contributed by atoms with E-state index in [1.54, 1.807) is 13.3 Å². The highest BCUT2D eigenvalue weighted by Gasteiger charge is 2.23. The number of benzene rings is 1. The molecule has 0 unspecified atom stereocenters. The quantitative estimate of drug-likeness (QED) is 0.775. The maximum Gasteiger partial charge on any atom is 0.247 e. The molecule has 0 spiro atoms. The molecule has 0 aliphatic heterocycles. The van der Waals surface area contributed by atoms with Crippen molar-refractivity contribution in [3.05, 3.63) is 55.0 Å². The van der Waals surface area contributed by atoms with Gasteiger partial charge < -0.3 is 14.6 Å². The topological polar surface area (TPSA) is 56.1 Å². The number of rotatable bonds is 5. The zero-order valence-electron chi connectivity index (χ0n) is 14.1. The molecule has 24 heavy (non-hydrogen) atoms. The fraction of sp³-hybridized carbons (Fsp3) is 0.263. The number of aromatic nitrogens is 2. The predicted octanol–water partition coefficient (Wildman–Crippen LogP) is 3.88. The second kappa shape index (κ2) is 6.74. The smallest absolute Gasteiger partial charge is 0.247 e. The van der Waals surface area contributed by atoms with Crippen LogP contribution in [0.15, 0.2) is 55.0 Å². The molecule has 3 aromatic rings. The highest BCUT2D eigenvalue weighted by atomic mass is 16.5. The number of anilines is 1. The third-order valence-electron chi connectivity index (χ3n) is 4.01. The highest BCUT2D eigenvalue weighted by Crippen LogP contribution is 2.24. The Balaban J connectivity index is 1.84. The van der Waals surface area contributed by atoms with Crippen molar-refractivity contribution in [2.75, 3.05) is 12.4 Å². The summed E-state index contributed by atoms with van der Waals surface area (Å²) in [6.45, 7) is 4.07. The molecule has 2 aromatic heterocycles. The average molecular weight is 323 g/mol.